The van der Waals surface area contributed by atoms with Gasteiger partial charge in [-0.3, -0.25) is 0 Å². The third-order valence-electron chi connectivity index (χ3n) is 4.88. The van der Waals surface area contributed by atoms with Crippen LogP contribution in [-0.4, -0.2) is 33.2 Å². The molecule has 0 spiro atoms. The molecule has 27 heavy (non-hydrogen) atoms. The van der Waals surface area contributed by atoms with Crippen molar-refractivity contribution >= 4 is 21.9 Å². The van der Waals surface area contributed by atoms with Gasteiger partial charge in [-0.2, -0.15) is 4.98 Å². The van der Waals surface area contributed by atoms with Crippen LogP contribution < -0.4 is 10.1 Å². The van der Waals surface area contributed by atoms with E-state index in [1.165, 1.54) is 22.7 Å². The van der Waals surface area contributed by atoms with Gasteiger partial charge in [-0.1, -0.05) is 42.5 Å². The summed E-state index contributed by atoms with van der Waals surface area (Å²) < 4.78 is 7.29. The molecule has 0 bridgehead atoms. The van der Waals surface area contributed by atoms with Gasteiger partial charge < -0.3 is 14.6 Å². The molecule has 6 nitrogen and oxygen atoms in total. The topological polar surface area (TPSA) is 64.9 Å². The number of benzene rings is 2. The monoisotopic (exact) mass is 361 g/mol. The molecular weight excluding hydrogens is 338 g/mol. The summed E-state index contributed by atoms with van der Waals surface area (Å²) in [6.07, 6.45) is 4.29. The second-order valence-electron chi connectivity index (χ2n) is 6.59. The van der Waals surface area contributed by atoms with Crippen molar-refractivity contribution < 1.29 is 4.74 Å². The van der Waals surface area contributed by atoms with Crippen molar-refractivity contribution in [2.24, 2.45) is 0 Å². The van der Waals surface area contributed by atoms with E-state index in [-0.39, 0.29) is 6.04 Å². The van der Waals surface area contributed by atoms with Crippen LogP contribution in [0.5, 0.6) is 5.88 Å². The van der Waals surface area contributed by atoms with Gasteiger partial charge in [0.25, 0.3) is 0 Å². The molecule has 138 valence electrons. The fourth-order valence-electron chi connectivity index (χ4n) is 3.48. The standard InChI is InChI=1S/C21H23N5O/c1-15(17-10-5-8-16-7-3-4-9-18(16)17)22-11-6-12-26-14-25-19-20(26)23-13-24-21(19)27-2/h3-5,7-10,13-15,22H,6,11-12H2,1-2H3/t15-/m1/s1. The van der Waals surface area contributed by atoms with Crippen LogP contribution in [0.25, 0.3) is 21.9 Å². The highest BCUT2D eigenvalue weighted by molar-refractivity contribution is 5.86. The zero-order valence-corrected chi connectivity index (χ0v) is 15.6. The van der Waals surface area contributed by atoms with Crippen LogP contribution in [-0.2, 0) is 6.54 Å². The first-order chi connectivity index (χ1) is 13.3. The lowest BCUT2D eigenvalue weighted by Gasteiger charge is -2.16. The van der Waals surface area contributed by atoms with Crippen molar-refractivity contribution in [3.8, 4) is 5.88 Å². The molecule has 0 fully saturated rings. The molecule has 4 aromatic rings. The lowest BCUT2D eigenvalue weighted by molar-refractivity contribution is 0.401. The molecule has 0 saturated heterocycles. The zero-order chi connectivity index (χ0) is 18.6. The summed E-state index contributed by atoms with van der Waals surface area (Å²) in [5, 5.41) is 6.22. The Kier molecular flexibility index (Phi) is 4.98. The number of imidazole rings is 1. The largest absolute Gasteiger partial charge is 0.479 e. The highest BCUT2D eigenvalue weighted by Crippen LogP contribution is 2.24. The van der Waals surface area contributed by atoms with E-state index in [0.717, 1.165) is 25.2 Å². The third-order valence-corrected chi connectivity index (χ3v) is 4.88. The number of hydrogen-bond acceptors (Lipinski definition) is 5. The number of rotatable bonds is 7. The third kappa shape index (κ3) is 3.48. The first-order valence-electron chi connectivity index (χ1n) is 9.19. The van der Waals surface area contributed by atoms with E-state index in [9.17, 15) is 0 Å². The van der Waals surface area contributed by atoms with Gasteiger partial charge in [0.05, 0.1) is 13.4 Å². The summed E-state index contributed by atoms with van der Waals surface area (Å²) in [4.78, 5) is 12.8. The van der Waals surface area contributed by atoms with Gasteiger partial charge >= 0.3 is 0 Å². The summed E-state index contributed by atoms with van der Waals surface area (Å²) in [5.74, 6) is 0.515. The van der Waals surface area contributed by atoms with Gasteiger partial charge in [0.2, 0.25) is 5.88 Å². The molecule has 0 unspecified atom stereocenters. The molecular formula is C21H23N5O. The summed E-state index contributed by atoms with van der Waals surface area (Å²) in [6.45, 7) is 3.96. The van der Waals surface area contributed by atoms with Crippen LogP contribution >= 0.6 is 0 Å². The van der Waals surface area contributed by atoms with Crippen molar-refractivity contribution in [3.63, 3.8) is 0 Å². The summed E-state index contributed by atoms with van der Waals surface area (Å²) in [7, 11) is 1.60. The fourth-order valence-corrected chi connectivity index (χ4v) is 3.48. The van der Waals surface area contributed by atoms with Crippen molar-refractivity contribution in [3.05, 3.63) is 60.7 Å². The molecule has 0 amide bonds. The van der Waals surface area contributed by atoms with Crippen molar-refractivity contribution in [2.45, 2.75) is 25.9 Å². The predicted octanol–water partition coefficient (Wildman–Crippen LogP) is 3.73. The van der Waals surface area contributed by atoms with E-state index < -0.39 is 0 Å². The molecule has 0 aliphatic rings. The number of hydrogen-bond donors (Lipinski definition) is 1. The summed E-state index contributed by atoms with van der Waals surface area (Å²) in [5.41, 5.74) is 2.85. The van der Waals surface area contributed by atoms with E-state index >= 15 is 0 Å². The van der Waals surface area contributed by atoms with E-state index in [4.69, 9.17) is 4.74 Å². The number of aromatic nitrogens is 4. The smallest absolute Gasteiger partial charge is 0.245 e. The van der Waals surface area contributed by atoms with Gasteiger partial charge in [-0.25, -0.2) is 9.97 Å². The predicted molar refractivity (Wildman–Crippen MR) is 107 cm³/mol. The Labute approximate surface area is 158 Å². The number of nitrogens with one attached hydrogen (secondary N) is 1. The van der Waals surface area contributed by atoms with Crippen molar-refractivity contribution in [1.29, 1.82) is 0 Å². The number of fused-ring (bicyclic) bond motifs is 2. The molecule has 0 saturated carbocycles. The van der Waals surface area contributed by atoms with E-state index in [1.54, 1.807) is 13.4 Å². The molecule has 4 rings (SSSR count). The molecule has 0 aliphatic carbocycles. The maximum absolute atomic E-state index is 5.24. The Morgan fingerprint density at radius 3 is 2.81 bits per heavy atom. The Morgan fingerprint density at radius 2 is 1.93 bits per heavy atom. The molecule has 1 N–H and O–H groups in total. The van der Waals surface area contributed by atoms with E-state index in [2.05, 4.69) is 69.7 Å². The zero-order valence-electron chi connectivity index (χ0n) is 15.6. The maximum atomic E-state index is 5.24. The average Bonchev–Trinajstić information content (AvgIpc) is 3.13. The molecule has 2 heterocycles. The first kappa shape index (κ1) is 17.4. The highest BCUT2D eigenvalue weighted by Gasteiger charge is 2.11. The Morgan fingerprint density at radius 1 is 1.07 bits per heavy atom. The van der Waals surface area contributed by atoms with Crippen LogP contribution in [0.1, 0.15) is 24.9 Å². The Hall–Kier alpha value is -2.99. The normalized spacial score (nSPS) is 12.5. The Bertz CT molecular complexity index is 1050. The minimum absolute atomic E-state index is 0.290. The minimum atomic E-state index is 0.290. The number of ether oxygens (including phenoxy) is 1. The lowest BCUT2D eigenvalue weighted by atomic mass is 10.00. The van der Waals surface area contributed by atoms with E-state index in [1.807, 2.05) is 4.57 Å². The van der Waals surface area contributed by atoms with Crippen molar-refractivity contribution in [1.82, 2.24) is 24.8 Å². The molecule has 0 radical (unpaired) electrons. The average molecular weight is 361 g/mol. The SMILES string of the molecule is COc1ncnc2c1ncn2CCCN[C@H](C)c1cccc2ccccc12. The van der Waals surface area contributed by atoms with Gasteiger partial charge in [-0.05, 0) is 36.2 Å². The highest BCUT2D eigenvalue weighted by atomic mass is 16.5. The van der Waals surface area contributed by atoms with E-state index in [0.29, 0.717) is 11.4 Å². The number of nitrogens with zero attached hydrogens (tertiary/aromatic N) is 4. The number of aryl methyl sites for hydroxylation is 1. The Balaban J connectivity index is 1.39. The fraction of sp³-hybridized carbons (Fsp3) is 0.286. The van der Waals surface area contributed by atoms with Crippen LogP contribution in [0.3, 0.4) is 0 Å². The van der Waals surface area contributed by atoms with Crippen LogP contribution in [0.15, 0.2) is 55.1 Å². The van der Waals surface area contributed by atoms with Gasteiger partial charge in [0, 0.05) is 12.6 Å². The molecule has 0 aliphatic heterocycles. The van der Waals surface area contributed by atoms with Gasteiger partial charge in [-0.15, -0.1) is 0 Å². The van der Waals surface area contributed by atoms with Crippen molar-refractivity contribution in [2.75, 3.05) is 13.7 Å². The first-order valence-corrected chi connectivity index (χ1v) is 9.19. The number of methoxy groups -OCH3 is 1. The molecule has 2 aromatic heterocycles. The second-order valence-corrected chi connectivity index (χ2v) is 6.59. The van der Waals surface area contributed by atoms with Crippen LogP contribution in [0.4, 0.5) is 0 Å². The lowest BCUT2D eigenvalue weighted by Crippen LogP contribution is -2.21. The van der Waals surface area contributed by atoms with Crippen LogP contribution in [0.2, 0.25) is 0 Å². The molecule has 1 atom stereocenters. The maximum Gasteiger partial charge on any atom is 0.245 e. The quantitative estimate of drug-likeness (QED) is 0.508. The van der Waals surface area contributed by atoms with Gasteiger partial charge in [0.1, 0.15) is 6.33 Å². The molecule has 6 heteroatoms. The van der Waals surface area contributed by atoms with Crippen LogP contribution in [0, 0.1) is 0 Å². The minimum Gasteiger partial charge on any atom is -0.479 e. The molecule has 2 aromatic carbocycles. The summed E-state index contributed by atoms with van der Waals surface area (Å²) in [6, 6.07) is 15.3. The van der Waals surface area contributed by atoms with Gasteiger partial charge in [0.15, 0.2) is 11.2 Å². The second kappa shape index (κ2) is 7.72. The summed E-state index contributed by atoms with van der Waals surface area (Å²) >= 11 is 0.